The number of nitrogens with one attached hydrogen (secondary N) is 2. The topological polar surface area (TPSA) is 125 Å². The largest absolute Gasteiger partial charge is 0.360 e. The average Bonchev–Trinajstić information content (AvgIpc) is 3.13. The molecule has 0 spiro atoms. The van der Waals surface area contributed by atoms with Crippen LogP contribution in [-0.2, 0) is 11.2 Å². The summed E-state index contributed by atoms with van der Waals surface area (Å²) < 4.78 is 26.2. The van der Waals surface area contributed by atoms with Gasteiger partial charge in [-0.05, 0) is 17.7 Å². The quantitative estimate of drug-likeness (QED) is 0.521. The van der Waals surface area contributed by atoms with Crippen LogP contribution in [0.1, 0.15) is 21.8 Å². The van der Waals surface area contributed by atoms with Crippen molar-refractivity contribution < 1.29 is 23.2 Å². The fraction of sp³-hybridized carbons (Fsp3) is 0.150. The highest BCUT2D eigenvalue weighted by Gasteiger charge is 2.34. The maximum Gasteiger partial charge on any atom is 0.274 e. The van der Waals surface area contributed by atoms with Gasteiger partial charge in [0, 0.05) is 12.5 Å². The summed E-state index contributed by atoms with van der Waals surface area (Å²) >= 11 is 0. The van der Waals surface area contributed by atoms with E-state index in [1.54, 1.807) is 24.3 Å². The predicted molar refractivity (Wildman–Crippen MR) is 108 cm³/mol. The van der Waals surface area contributed by atoms with Gasteiger partial charge in [0.05, 0.1) is 16.3 Å². The molecule has 9 heteroatoms. The second-order valence-electron chi connectivity index (χ2n) is 6.69. The van der Waals surface area contributed by atoms with Gasteiger partial charge < -0.3 is 15.2 Å². The highest BCUT2D eigenvalue weighted by atomic mass is 32.3. The number of hydrogen-bond acceptors (Lipinski definition) is 6. The molecule has 0 radical (unpaired) electrons. The van der Waals surface area contributed by atoms with E-state index in [2.05, 4.69) is 15.8 Å². The monoisotopic (exact) mass is 413 g/mol. The van der Waals surface area contributed by atoms with Gasteiger partial charge in [-0.15, -0.1) is 0 Å². The molecule has 0 saturated heterocycles. The molecule has 0 saturated carbocycles. The van der Waals surface area contributed by atoms with E-state index in [4.69, 9.17) is 4.52 Å². The molecule has 4 rings (SSSR count). The first-order chi connectivity index (χ1) is 13.9. The van der Waals surface area contributed by atoms with Crippen LogP contribution in [0, 0.1) is 0 Å². The third-order valence-corrected chi connectivity index (χ3v) is 6.39. The van der Waals surface area contributed by atoms with Crippen LogP contribution in [0.25, 0.3) is 0 Å². The van der Waals surface area contributed by atoms with Crippen LogP contribution < -0.4 is 10.6 Å². The average molecular weight is 413 g/mol. The Kier molecular flexibility index (Phi) is 5.10. The van der Waals surface area contributed by atoms with Gasteiger partial charge in [0.25, 0.3) is 5.91 Å². The van der Waals surface area contributed by atoms with E-state index in [0.717, 1.165) is 5.56 Å². The Balaban J connectivity index is 1.48. The molecule has 1 aliphatic heterocycles. The van der Waals surface area contributed by atoms with E-state index >= 15 is 0 Å². The van der Waals surface area contributed by atoms with Crippen LogP contribution >= 0.6 is 10.6 Å². The number of nitrogens with zero attached hydrogens (tertiary/aromatic N) is 1. The minimum Gasteiger partial charge on any atom is -0.360 e. The maximum atomic E-state index is 12.6. The lowest BCUT2D eigenvalue weighted by Crippen LogP contribution is -2.46. The van der Waals surface area contributed by atoms with Crippen LogP contribution in [0.2, 0.25) is 0 Å². The number of fused-ring (bicyclic) bond motifs is 1. The summed E-state index contributed by atoms with van der Waals surface area (Å²) in [5, 5.41) is 8.91. The summed E-state index contributed by atoms with van der Waals surface area (Å²) in [5.74, 6) is -0.981. The van der Waals surface area contributed by atoms with Crippen molar-refractivity contribution >= 4 is 28.1 Å². The zero-order valence-corrected chi connectivity index (χ0v) is 16.1. The predicted octanol–water partition coefficient (Wildman–Crippen LogP) is 3.13. The number of benzene rings is 2. The second-order valence-corrected chi connectivity index (χ2v) is 8.79. The van der Waals surface area contributed by atoms with Gasteiger partial charge >= 0.3 is 0 Å². The Hall–Kier alpha value is -3.14. The smallest absolute Gasteiger partial charge is 0.274 e. The second kappa shape index (κ2) is 7.70. The first-order valence-corrected chi connectivity index (χ1v) is 10.6. The number of hydrogen-bond donors (Lipinski definition) is 4. The van der Waals surface area contributed by atoms with Gasteiger partial charge in [0.1, 0.15) is 11.8 Å². The molecular formula is C20H19N3O5S. The molecule has 29 heavy (non-hydrogen) atoms. The van der Waals surface area contributed by atoms with Gasteiger partial charge in [-0.25, -0.2) is 0 Å². The third kappa shape index (κ3) is 4.16. The van der Waals surface area contributed by atoms with Crippen LogP contribution in [0.5, 0.6) is 0 Å². The number of rotatable bonds is 4. The molecule has 0 aliphatic carbocycles. The molecule has 8 nitrogen and oxygen atoms in total. The number of aromatic nitrogens is 1. The zero-order valence-electron chi connectivity index (χ0n) is 15.2. The van der Waals surface area contributed by atoms with E-state index in [1.165, 1.54) is 6.07 Å². The van der Waals surface area contributed by atoms with Crippen LogP contribution in [0.4, 0.5) is 5.69 Å². The summed E-state index contributed by atoms with van der Waals surface area (Å²) in [6, 6.07) is 16.4. The Labute approximate surface area is 168 Å². The van der Waals surface area contributed by atoms with E-state index in [0.29, 0.717) is 17.9 Å². The number of carbonyl (C=O) groups excluding carboxylic acids is 2. The Morgan fingerprint density at radius 3 is 2.69 bits per heavy atom. The fourth-order valence-corrected chi connectivity index (χ4v) is 4.76. The Morgan fingerprint density at radius 1 is 1.17 bits per heavy atom. The van der Waals surface area contributed by atoms with Crippen molar-refractivity contribution in [3.8, 4) is 0 Å². The van der Waals surface area contributed by atoms with Crippen LogP contribution in [-0.4, -0.2) is 37.9 Å². The van der Waals surface area contributed by atoms with Crippen molar-refractivity contribution in [1.82, 2.24) is 10.5 Å². The van der Waals surface area contributed by atoms with Crippen molar-refractivity contribution in [3.05, 3.63) is 77.7 Å². The molecule has 150 valence electrons. The third-order valence-electron chi connectivity index (χ3n) is 4.53. The molecular weight excluding hydrogens is 394 g/mol. The van der Waals surface area contributed by atoms with Crippen molar-refractivity contribution in [2.75, 3.05) is 11.1 Å². The van der Waals surface area contributed by atoms with Crippen molar-refractivity contribution in [2.45, 2.75) is 17.4 Å². The lowest BCUT2D eigenvalue weighted by Gasteiger charge is -2.33. The molecule has 1 aliphatic rings. The standard InChI is InChI=1S/C20H19N3O5S/c24-19(16-11-14(28-23-16)10-13-6-2-1-3-7-13)22-17-12-29(26,27)18-9-5-4-8-15(18)21-20(17)25/h1-9,11,17,26-27H,10,12H2,(H,21,25)(H,22,24)/t17-/m0/s1. The molecule has 1 atom stereocenters. The first-order valence-electron chi connectivity index (χ1n) is 8.88. The normalized spacial score (nSPS) is 18.8. The molecule has 0 fully saturated rings. The molecule has 2 aromatic carbocycles. The number of para-hydroxylation sites is 1. The summed E-state index contributed by atoms with van der Waals surface area (Å²) in [7, 11) is -3.27. The van der Waals surface area contributed by atoms with Crippen molar-refractivity contribution in [3.63, 3.8) is 0 Å². The fourth-order valence-electron chi connectivity index (χ4n) is 3.11. The Morgan fingerprint density at radius 2 is 1.90 bits per heavy atom. The zero-order chi connectivity index (χ0) is 20.4. The molecule has 0 bridgehead atoms. The lowest BCUT2D eigenvalue weighted by atomic mass is 10.1. The lowest BCUT2D eigenvalue weighted by molar-refractivity contribution is -0.117. The SMILES string of the molecule is O=C(N[C@H]1CS(O)(O)c2ccccc2NC1=O)c1cc(Cc2ccccc2)on1. The Bertz CT molecular complexity index is 1050. The van der Waals surface area contributed by atoms with E-state index in [1.807, 2.05) is 30.3 Å². The minimum absolute atomic E-state index is 0.0157. The van der Waals surface area contributed by atoms with Crippen LogP contribution in [0.3, 0.4) is 0 Å². The highest BCUT2D eigenvalue weighted by Crippen LogP contribution is 2.53. The molecule has 3 aromatic rings. The highest BCUT2D eigenvalue weighted by molar-refractivity contribution is 8.24. The van der Waals surface area contributed by atoms with Gasteiger partial charge in [-0.1, -0.05) is 47.6 Å². The summed E-state index contributed by atoms with van der Waals surface area (Å²) in [6.45, 7) is 0. The molecule has 2 amide bonds. The minimum atomic E-state index is -3.27. The summed E-state index contributed by atoms with van der Waals surface area (Å²) in [4.78, 5) is 25.3. The van der Waals surface area contributed by atoms with Gasteiger partial charge in [0.15, 0.2) is 5.69 Å². The van der Waals surface area contributed by atoms with Gasteiger partial charge in [-0.2, -0.15) is 10.6 Å². The molecule has 0 unspecified atom stereocenters. The molecule has 1 aromatic heterocycles. The maximum absolute atomic E-state index is 12.6. The van der Waals surface area contributed by atoms with Gasteiger partial charge in [-0.3, -0.25) is 18.7 Å². The number of anilines is 1. The molecule has 2 heterocycles. The van der Waals surface area contributed by atoms with E-state index < -0.39 is 28.4 Å². The first kappa shape index (κ1) is 19.2. The van der Waals surface area contributed by atoms with Crippen LogP contribution in [0.15, 0.2) is 70.1 Å². The van der Waals surface area contributed by atoms with E-state index in [-0.39, 0.29) is 16.3 Å². The number of amides is 2. The number of carbonyl (C=O) groups is 2. The van der Waals surface area contributed by atoms with Gasteiger partial charge in [0.2, 0.25) is 5.91 Å². The van der Waals surface area contributed by atoms with Crippen molar-refractivity contribution in [2.24, 2.45) is 0 Å². The van der Waals surface area contributed by atoms with Crippen molar-refractivity contribution in [1.29, 1.82) is 0 Å². The molecule has 4 N–H and O–H groups in total. The summed E-state index contributed by atoms with van der Waals surface area (Å²) in [5.41, 5.74) is 1.34. The van der Waals surface area contributed by atoms with E-state index in [9.17, 15) is 18.7 Å². The summed E-state index contributed by atoms with van der Waals surface area (Å²) in [6.07, 6.45) is 0.473.